The Bertz CT molecular complexity index is 602. The lowest BCUT2D eigenvalue weighted by Crippen LogP contribution is -2.17. The summed E-state index contributed by atoms with van der Waals surface area (Å²) in [5, 5.41) is 6.35. The van der Waals surface area contributed by atoms with Crippen molar-refractivity contribution in [2.45, 2.75) is 13.5 Å². The molecule has 2 aromatic rings. The molecule has 0 spiro atoms. The van der Waals surface area contributed by atoms with Crippen molar-refractivity contribution in [3.05, 3.63) is 34.3 Å². The predicted octanol–water partition coefficient (Wildman–Crippen LogP) is 2.74. The van der Waals surface area contributed by atoms with E-state index in [1.165, 1.54) is 0 Å². The van der Waals surface area contributed by atoms with Gasteiger partial charge in [-0.25, -0.2) is 0 Å². The van der Waals surface area contributed by atoms with Crippen LogP contribution in [0.25, 0.3) is 0 Å². The van der Waals surface area contributed by atoms with Gasteiger partial charge in [0, 0.05) is 31.7 Å². The molecule has 0 aliphatic heterocycles. The van der Waals surface area contributed by atoms with E-state index in [0.717, 1.165) is 16.6 Å². The van der Waals surface area contributed by atoms with Gasteiger partial charge in [-0.2, -0.15) is 15.0 Å². The fourth-order valence-corrected chi connectivity index (χ4v) is 2.16. The summed E-state index contributed by atoms with van der Waals surface area (Å²) >= 11 is 3.47. The van der Waals surface area contributed by atoms with Crippen LogP contribution in [0.1, 0.15) is 12.5 Å². The van der Waals surface area contributed by atoms with Gasteiger partial charge in [0.05, 0.1) is 0 Å². The van der Waals surface area contributed by atoms with E-state index >= 15 is 0 Å². The summed E-state index contributed by atoms with van der Waals surface area (Å²) in [6.07, 6.45) is 0. The van der Waals surface area contributed by atoms with Crippen LogP contribution >= 0.6 is 15.9 Å². The molecule has 0 aliphatic carbocycles. The third-order valence-corrected chi connectivity index (χ3v) is 3.19. The molecule has 0 atom stereocenters. The quantitative estimate of drug-likeness (QED) is 0.834. The van der Waals surface area contributed by atoms with E-state index in [-0.39, 0.29) is 0 Å². The molecule has 2 rings (SSSR count). The van der Waals surface area contributed by atoms with Gasteiger partial charge in [0.25, 0.3) is 0 Å². The first-order valence-electron chi connectivity index (χ1n) is 6.74. The lowest BCUT2D eigenvalue weighted by atomic mass is 10.2. The van der Waals surface area contributed by atoms with Crippen LogP contribution < -0.4 is 15.5 Å². The normalized spacial score (nSPS) is 10.3. The number of anilines is 3. The van der Waals surface area contributed by atoms with Crippen LogP contribution in [0.4, 0.5) is 17.8 Å². The van der Waals surface area contributed by atoms with Gasteiger partial charge in [-0.1, -0.05) is 28.1 Å². The third kappa shape index (κ3) is 4.56. The highest BCUT2D eigenvalue weighted by Gasteiger charge is 2.07. The van der Waals surface area contributed by atoms with Crippen molar-refractivity contribution in [2.75, 3.05) is 36.2 Å². The Morgan fingerprint density at radius 3 is 2.43 bits per heavy atom. The minimum Gasteiger partial charge on any atom is -0.354 e. The molecule has 6 nitrogen and oxygen atoms in total. The molecule has 2 N–H and O–H groups in total. The van der Waals surface area contributed by atoms with Gasteiger partial charge >= 0.3 is 0 Å². The van der Waals surface area contributed by atoms with Gasteiger partial charge in [-0.05, 0) is 24.6 Å². The number of rotatable bonds is 6. The van der Waals surface area contributed by atoms with Crippen molar-refractivity contribution >= 4 is 33.8 Å². The van der Waals surface area contributed by atoms with Crippen molar-refractivity contribution < 1.29 is 0 Å². The van der Waals surface area contributed by atoms with Crippen molar-refractivity contribution in [2.24, 2.45) is 0 Å². The highest BCUT2D eigenvalue weighted by molar-refractivity contribution is 9.10. The van der Waals surface area contributed by atoms with Crippen molar-refractivity contribution in [3.8, 4) is 0 Å². The zero-order valence-corrected chi connectivity index (χ0v) is 14.0. The fourth-order valence-electron chi connectivity index (χ4n) is 1.71. The smallest absolute Gasteiger partial charge is 0.231 e. The second-order valence-electron chi connectivity index (χ2n) is 4.69. The summed E-state index contributed by atoms with van der Waals surface area (Å²) in [6, 6.07) is 8.12. The van der Waals surface area contributed by atoms with Crippen molar-refractivity contribution in [3.63, 3.8) is 0 Å². The summed E-state index contributed by atoms with van der Waals surface area (Å²) < 4.78 is 1.06. The molecule has 1 aromatic heterocycles. The molecule has 0 bridgehead atoms. The summed E-state index contributed by atoms with van der Waals surface area (Å²) in [7, 11) is 3.81. The Morgan fingerprint density at radius 2 is 1.81 bits per heavy atom. The maximum absolute atomic E-state index is 4.39. The molecule has 0 unspecified atom stereocenters. The van der Waals surface area contributed by atoms with Crippen LogP contribution in [-0.4, -0.2) is 35.6 Å². The molecule has 0 saturated carbocycles. The average Bonchev–Trinajstić information content (AvgIpc) is 2.45. The minimum atomic E-state index is 0.560. The van der Waals surface area contributed by atoms with E-state index in [0.29, 0.717) is 24.4 Å². The van der Waals surface area contributed by atoms with Gasteiger partial charge < -0.3 is 15.5 Å². The van der Waals surface area contributed by atoms with Crippen LogP contribution in [0.3, 0.4) is 0 Å². The summed E-state index contributed by atoms with van der Waals surface area (Å²) in [5.41, 5.74) is 1.15. The number of nitrogens with zero attached hydrogens (tertiary/aromatic N) is 4. The van der Waals surface area contributed by atoms with Crippen LogP contribution in [0.2, 0.25) is 0 Å². The van der Waals surface area contributed by atoms with Gasteiger partial charge in [0.15, 0.2) is 0 Å². The standard InChI is InChI=1S/C14H19BrN6/c1-4-16-12-18-13(20-14(19-12)21(2)3)17-9-10-6-5-7-11(15)8-10/h5-8H,4,9H2,1-3H3,(H2,16,17,18,19,20). The number of hydrogen-bond donors (Lipinski definition) is 2. The molecule has 0 aliphatic rings. The third-order valence-electron chi connectivity index (χ3n) is 2.70. The van der Waals surface area contributed by atoms with Crippen LogP contribution in [0, 0.1) is 0 Å². The maximum atomic E-state index is 4.39. The monoisotopic (exact) mass is 350 g/mol. The Hall–Kier alpha value is -1.89. The van der Waals surface area contributed by atoms with Crippen LogP contribution in [0.5, 0.6) is 0 Å². The van der Waals surface area contributed by atoms with Crippen LogP contribution in [0.15, 0.2) is 28.7 Å². The predicted molar refractivity (Wildman–Crippen MR) is 89.8 cm³/mol. The molecular formula is C14H19BrN6. The number of hydrogen-bond acceptors (Lipinski definition) is 6. The van der Waals surface area contributed by atoms with E-state index in [4.69, 9.17) is 0 Å². The molecule has 112 valence electrons. The first-order chi connectivity index (χ1) is 10.1. The largest absolute Gasteiger partial charge is 0.354 e. The molecule has 21 heavy (non-hydrogen) atoms. The molecular weight excluding hydrogens is 332 g/mol. The summed E-state index contributed by atoms with van der Waals surface area (Å²) in [4.78, 5) is 14.9. The number of halogens is 1. The van der Waals surface area contributed by atoms with Crippen molar-refractivity contribution in [1.82, 2.24) is 15.0 Å². The topological polar surface area (TPSA) is 66.0 Å². The van der Waals surface area contributed by atoms with E-state index in [1.807, 2.05) is 38.1 Å². The maximum Gasteiger partial charge on any atom is 0.231 e. The number of benzene rings is 1. The molecule has 0 radical (unpaired) electrons. The molecule has 0 amide bonds. The zero-order valence-electron chi connectivity index (χ0n) is 12.4. The summed E-state index contributed by atoms with van der Waals surface area (Å²) in [6.45, 7) is 3.43. The molecule has 1 heterocycles. The second-order valence-corrected chi connectivity index (χ2v) is 5.61. The Morgan fingerprint density at radius 1 is 1.10 bits per heavy atom. The van der Waals surface area contributed by atoms with Gasteiger partial charge in [-0.15, -0.1) is 0 Å². The highest BCUT2D eigenvalue weighted by atomic mass is 79.9. The van der Waals surface area contributed by atoms with Crippen LogP contribution in [-0.2, 0) is 6.54 Å². The lowest BCUT2D eigenvalue weighted by Gasteiger charge is -2.13. The Balaban J connectivity index is 2.14. The minimum absolute atomic E-state index is 0.560. The molecule has 0 saturated heterocycles. The second kappa shape index (κ2) is 7.21. The first-order valence-corrected chi connectivity index (χ1v) is 7.53. The van der Waals surface area contributed by atoms with E-state index < -0.39 is 0 Å². The lowest BCUT2D eigenvalue weighted by molar-refractivity contribution is 0.936. The summed E-state index contributed by atoms with van der Waals surface area (Å²) in [5.74, 6) is 1.76. The fraction of sp³-hybridized carbons (Fsp3) is 0.357. The number of aromatic nitrogens is 3. The zero-order chi connectivity index (χ0) is 15.2. The first kappa shape index (κ1) is 15.5. The van der Waals surface area contributed by atoms with Gasteiger partial charge in [0.1, 0.15) is 0 Å². The molecule has 7 heteroatoms. The Labute approximate surface area is 133 Å². The van der Waals surface area contributed by atoms with E-state index in [9.17, 15) is 0 Å². The van der Waals surface area contributed by atoms with Gasteiger partial charge in [0.2, 0.25) is 17.8 Å². The average molecular weight is 351 g/mol. The SMILES string of the molecule is CCNc1nc(NCc2cccc(Br)c2)nc(N(C)C)n1. The van der Waals surface area contributed by atoms with E-state index in [2.05, 4.69) is 53.6 Å². The molecule has 0 fully saturated rings. The van der Waals surface area contributed by atoms with E-state index in [1.54, 1.807) is 0 Å². The number of nitrogens with one attached hydrogen (secondary N) is 2. The van der Waals surface area contributed by atoms with Gasteiger partial charge in [-0.3, -0.25) is 0 Å². The Kier molecular flexibility index (Phi) is 5.32. The van der Waals surface area contributed by atoms with Crippen molar-refractivity contribution in [1.29, 1.82) is 0 Å². The highest BCUT2D eigenvalue weighted by Crippen LogP contribution is 2.14. The molecule has 1 aromatic carbocycles.